The van der Waals surface area contributed by atoms with Gasteiger partial charge in [-0.1, -0.05) is 54.1 Å². The van der Waals surface area contributed by atoms with Gasteiger partial charge in [0.25, 0.3) is 0 Å². The molecule has 5 rings (SSSR count). The van der Waals surface area contributed by atoms with E-state index in [4.69, 9.17) is 14.5 Å². The number of aryl methyl sites for hydroxylation is 1. The van der Waals surface area contributed by atoms with Crippen LogP contribution in [0.5, 0.6) is 5.75 Å². The molecule has 2 heterocycles. The molecule has 0 unspecified atom stereocenters. The van der Waals surface area contributed by atoms with Gasteiger partial charge in [-0.15, -0.1) is 0 Å². The molecule has 1 aromatic heterocycles. The second-order valence-electron chi connectivity index (χ2n) is 8.63. The smallest absolute Gasteiger partial charge is 0.321 e. The molecule has 1 aliphatic rings. The Kier molecular flexibility index (Phi) is 5.99. The highest BCUT2D eigenvalue weighted by Gasteiger charge is 2.47. The van der Waals surface area contributed by atoms with Gasteiger partial charge in [0.2, 0.25) is 11.9 Å². The fraction of sp³-hybridized carbons (Fsp3) is 0.250. The Labute approximate surface area is 203 Å². The molecule has 0 aliphatic carbocycles. The van der Waals surface area contributed by atoms with Crippen molar-refractivity contribution >= 4 is 28.9 Å². The summed E-state index contributed by atoms with van der Waals surface area (Å²) >= 11 is 0. The van der Waals surface area contributed by atoms with Crippen molar-refractivity contribution in [2.75, 3.05) is 18.6 Å². The normalized spacial score (nSPS) is 17.3. The summed E-state index contributed by atoms with van der Waals surface area (Å²) in [5.41, 5.74) is 4.49. The Bertz CT molecular complexity index is 1380. The third-order valence-electron chi connectivity index (χ3n) is 6.40. The molecule has 0 bridgehead atoms. The van der Waals surface area contributed by atoms with E-state index in [1.807, 2.05) is 84.3 Å². The Balaban J connectivity index is 1.72. The van der Waals surface area contributed by atoms with E-state index in [-0.39, 0.29) is 12.5 Å². The van der Waals surface area contributed by atoms with Crippen LogP contribution in [0.2, 0.25) is 0 Å². The minimum atomic E-state index is -1.06. The topological polar surface area (TPSA) is 73.7 Å². The lowest BCUT2D eigenvalue weighted by Gasteiger charge is -2.38. The minimum absolute atomic E-state index is 0.188. The van der Waals surface area contributed by atoms with Gasteiger partial charge in [0.1, 0.15) is 5.75 Å². The predicted molar refractivity (Wildman–Crippen MR) is 133 cm³/mol. The second-order valence-corrected chi connectivity index (χ2v) is 8.63. The fourth-order valence-electron chi connectivity index (χ4n) is 4.68. The van der Waals surface area contributed by atoms with Gasteiger partial charge < -0.3 is 14.0 Å². The molecule has 0 N–H and O–H groups in total. The Morgan fingerprint density at radius 1 is 1.00 bits per heavy atom. The Morgan fingerprint density at radius 3 is 2.40 bits per heavy atom. The molecule has 1 aliphatic heterocycles. The summed E-state index contributed by atoms with van der Waals surface area (Å²) in [7, 11) is 1.60. The molecule has 1 amide bonds. The summed E-state index contributed by atoms with van der Waals surface area (Å²) in [4.78, 5) is 33.7. The first kappa shape index (κ1) is 22.7. The van der Waals surface area contributed by atoms with Crippen molar-refractivity contribution in [3.8, 4) is 5.75 Å². The Hall–Kier alpha value is -4.13. The van der Waals surface area contributed by atoms with Crippen LogP contribution in [-0.4, -0.2) is 35.1 Å². The Morgan fingerprint density at radius 2 is 1.71 bits per heavy atom. The third kappa shape index (κ3) is 4.03. The summed E-state index contributed by atoms with van der Waals surface area (Å²) in [6, 6.07) is 22.6. The average Bonchev–Trinajstić information content (AvgIpc) is 3.26. The van der Waals surface area contributed by atoms with E-state index in [0.717, 1.165) is 27.7 Å². The van der Waals surface area contributed by atoms with Crippen molar-refractivity contribution in [2.24, 2.45) is 5.92 Å². The van der Waals surface area contributed by atoms with Crippen LogP contribution in [-0.2, 0) is 20.9 Å². The molecule has 178 valence electrons. The fourth-order valence-corrected chi connectivity index (χ4v) is 4.68. The van der Waals surface area contributed by atoms with Crippen LogP contribution in [0, 0.1) is 12.8 Å². The average molecular weight is 470 g/mol. The van der Waals surface area contributed by atoms with E-state index in [1.165, 1.54) is 0 Å². The maximum Gasteiger partial charge on any atom is 0.321 e. The van der Waals surface area contributed by atoms with Gasteiger partial charge in [-0.2, -0.15) is 0 Å². The van der Waals surface area contributed by atoms with Gasteiger partial charge >= 0.3 is 5.97 Å². The largest absolute Gasteiger partial charge is 0.497 e. The van der Waals surface area contributed by atoms with Gasteiger partial charge in [0.15, 0.2) is 5.92 Å². The highest BCUT2D eigenvalue weighted by molar-refractivity contribution is 6.08. The maximum atomic E-state index is 14.0. The lowest BCUT2D eigenvalue weighted by molar-refractivity contribution is -0.153. The van der Waals surface area contributed by atoms with Gasteiger partial charge in [0, 0.05) is 0 Å². The first-order valence-electron chi connectivity index (χ1n) is 11.7. The molecule has 3 aromatic carbocycles. The number of esters is 1. The van der Waals surface area contributed by atoms with Gasteiger partial charge in [0.05, 0.1) is 37.3 Å². The highest BCUT2D eigenvalue weighted by atomic mass is 16.5. The maximum absolute atomic E-state index is 14.0. The van der Waals surface area contributed by atoms with Gasteiger partial charge in [-0.3, -0.25) is 14.5 Å². The standard InChI is InChI=1S/C28H27N3O4/c1-4-35-27(33)24-25(20-13-15-21(34-3)16-14-20)31-23-8-6-5-7-22(23)29-28(31)30(26(24)32)17-19-11-9-18(2)10-12-19/h5-16,24-25H,4,17H2,1-3H3/t24-,25-/m0/s1. The zero-order valence-electron chi connectivity index (χ0n) is 20.0. The molecule has 0 saturated carbocycles. The number of carbonyl (C=O) groups is 2. The molecule has 0 radical (unpaired) electrons. The number of hydrogen-bond donors (Lipinski definition) is 0. The van der Waals surface area contributed by atoms with Crippen molar-refractivity contribution in [1.82, 2.24) is 9.55 Å². The highest BCUT2D eigenvalue weighted by Crippen LogP contribution is 2.42. The zero-order valence-corrected chi connectivity index (χ0v) is 20.0. The van der Waals surface area contributed by atoms with Crippen LogP contribution in [0.1, 0.15) is 29.7 Å². The van der Waals surface area contributed by atoms with E-state index in [9.17, 15) is 9.59 Å². The molecule has 35 heavy (non-hydrogen) atoms. The minimum Gasteiger partial charge on any atom is -0.497 e. The van der Waals surface area contributed by atoms with Crippen molar-refractivity contribution < 1.29 is 19.1 Å². The number of benzene rings is 3. The predicted octanol–water partition coefficient (Wildman–Crippen LogP) is 4.67. The first-order chi connectivity index (χ1) is 17.0. The summed E-state index contributed by atoms with van der Waals surface area (Å²) in [6.07, 6.45) is 0. The number of nitrogens with zero attached hydrogens (tertiary/aromatic N) is 3. The number of fused-ring (bicyclic) bond motifs is 3. The number of carbonyl (C=O) groups excluding carboxylic acids is 2. The molecular formula is C28H27N3O4. The van der Waals surface area contributed by atoms with E-state index in [2.05, 4.69) is 0 Å². The number of imidazole rings is 1. The van der Waals surface area contributed by atoms with Crippen LogP contribution in [0.4, 0.5) is 5.95 Å². The van der Waals surface area contributed by atoms with Crippen molar-refractivity contribution in [2.45, 2.75) is 26.4 Å². The van der Waals surface area contributed by atoms with Crippen LogP contribution >= 0.6 is 0 Å². The van der Waals surface area contributed by atoms with Gasteiger partial charge in [-0.25, -0.2) is 4.98 Å². The molecule has 2 atom stereocenters. The van der Waals surface area contributed by atoms with Crippen molar-refractivity contribution in [3.05, 3.63) is 89.5 Å². The first-order valence-corrected chi connectivity index (χ1v) is 11.7. The number of rotatable bonds is 6. The molecule has 4 aromatic rings. The zero-order chi connectivity index (χ0) is 24.5. The summed E-state index contributed by atoms with van der Waals surface area (Å²) < 4.78 is 12.7. The molecular weight excluding hydrogens is 442 g/mol. The molecule has 7 heteroatoms. The summed E-state index contributed by atoms with van der Waals surface area (Å²) in [5, 5.41) is 0. The van der Waals surface area contributed by atoms with Crippen molar-refractivity contribution in [1.29, 1.82) is 0 Å². The lowest BCUT2D eigenvalue weighted by Crippen LogP contribution is -2.49. The number of amides is 1. The molecule has 7 nitrogen and oxygen atoms in total. The molecule has 0 spiro atoms. The second kappa shape index (κ2) is 9.25. The lowest BCUT2D eigenvalue weighted by atomic mass is 9.89. The number of methoxy groups -OCH3 is 1. The number of hydrogen-bond acceptors (Lipinski definition) is 5. The number of ether oxygens (including phenoxy) is 2. The van der Waals surface area contributed by atoms with E-state index in [0.29, 0.717) is 18.2 Å². The number of aromatic nitrogens is 2. The van der Waals surface area contributed by atoms with Crippen LogP contribution in [0.3, 0.4) is 0 Å². The number of para-hydroxylation sites is 2. The van der Waals surface area contributed by atoms with E-state index < -0.39 is 17.9 Å². The van der Waals surface area contributed by atoms with E-state index in [1.54, 1.807) is 18.9 Å². The van der Waals surface area contributed by atoms with Crippen LogP contribution < -0.4 is 9.64 Å². The molecule has 0 fully saturated rings. The van der Waals surface area contributed by atoms with E-state index >= 15 is 0 Å². The quantitative estimate of drug-likeness (QED) is 0.303. The van der Waals surface area contributed by atoms with Crippen LogP contribution in [0.25, 0.3) is 11.0 Å². The monoisotopic (exact) mass is 469 g/mol. The van der Waals surface area contributed by atoms with Crippen molar-refractivity contribution in [3.63, 3.8) is 0 Å². The van der Waals surface area contributed by atoms with Gasteiger partial charge in [-0.05, 0) is 49.2 Å². The summed E-state index contributed by atoms with van der Waals surface area (Å²) in [6.45, 7) is 4.25. The van der Waals surface area contributed by atoms with Crippen LogP contribution in [0.15, 0.2) is 72.8 Å². The SMILES string of the molecule is CCOC(=O)[C@@H]1C(=O)N(Cc2ccc(C)cc2)c2nc3ccccc3n2[C@H]1c1ccc(OC)cc1. The molecule has 0 saturated heterocycles. The third-order valence-corrected chi connectivity index (χ3v) is 6.40. The summed E-state index contributed by atoms with van der Waals surface area (Å²) in [5.74, 6) is -0.722. The number of anilines is 1.